The summed E-state index contributed by atoms with van der Waals surface area (Å²) in [6.07, 6.45) is 2.98. The Morgan fingerprint density at radius 1 is 1.38 bits per heavy atom. The first-order chi connectivity index (χ1) is 12.3. The van der Waals surface area contributed by atoms with Gasteiger partial charge in [0.05, 0.1) is 5.75 Å². The highest BCUT2D eigenvalue weighted by Gasteiger charge is 2.23. The van der Waals surface area contributed by atoms with Crippen LogP contribution in [0.4, 0.5) is 5.69 Å². The summed E-state index contributed by atoms with van der Waals surface area (Å²) in [6.45, 7) is 4.91. The molecule has 146 valence electrons. The lowest BCUT2D eigenvalue weighted by atomic mass is 10.1. The highest BCUT2D eigenvalue weighted by molar-refractivity contribution is 9.10. The van der Waals surface area contributed by atoms with Gasteiger partial charge in [-0.2, -0.15) is 0 Å². The molecule has 26 heavy (non-hydrogen) atoms. The van der Waals surface area contributed by atoms with Crippen molar-refractivity contribution in [1.29, 1.82) is 0 Å². The van der Waals surface area contributed by atoms with Crippen molar-refractivity contribution < 1.29 is 8.42 Å². The molecule has 1 saturated heterocycles. The molecule has 0 spiro atoms. The first kappa shape index (κ1) is 21.0. The van der Waals surface area contributed by atoms with Gasteiger partial charge in [-0.25, -0.2) is 8.42 Å². The predicted molar refractivity (Wildman–Crippen MR) is 113 cm³/mol. The highest BCUT2D eigenvalue weighted by atomic mass is 79.9. The van der Waals surface area contributed by atoms with E-state index in [1.165, 1.54) is 11.9 Å². The van der Waals surface area contributed by atoms with Gasteiger partial charge in [0.15, 0.2) is 5.96 Å². The minimum absolute atomic E-state index is 0.0544. The van der Waals surface area contributed by atoms with Crippen LogP contribution in [0.1, 0.15) is 19.8 Å². The van der Waals surface area contributed by atoms with Crippen molar-refractivity contribution in [1.82, 2.24) is 10.6 Å². The number of sulfone groups is 1. The maximum absolute atomic E-state index is 11.3. The van der Waals surface area contributed by atoms with E-state index in [-0.39, 0.29) is 11.8 Å². The van der Waals surface area contributed by atoms with E-state index in [9.17, 15) is 8.42 Å². The molecule has 8 heteroatoms. The fourth-order valence-corrected chi connectivity index (χ4v) is 4.06. The van der Waals surface area contributed by atoms with E-state index in [1.807, 2.05) is 6.92 Å². The topological polar surface area (TPSA) is 73.8 Å². The van der Waals surface area contributed by atoms with Crippen LogP contribution >= 0.6 is 15.9 Å². The zero-order valence-corrected chi connectivity index (χ0v) is 18.1. The number of nitrogens with one attached hydrogen (secondary N) is 2. The van der Waals surface area contributed by atoms with Crippen molar-refractivity contribution in [3.05, 3.63) is 28.7 Å². The third-order valence-electron chi connectivity index (χ3n) is 4.56. The number of nitrogens with zero attached hydrogens (tertiary/aromatic N) is 2. The molecule has 0 saturated carbocycles. The molecule has 1 aliphatic heterocycles. The number of hydrogen-bond donors (Lipinski definition) is 2. The summed E-state index contributed by atoms with van der Waals surface area (Å²) in [4.78, 5) is 6.65. The molecule has 1 heterocycles. The van der Waals surface area contributed by atoms with E-state index < -0.39 is 9.84 Å². The van der Waals surface area contributed by atoms with Crippen molar-refractivity contribution in [2.24, 2.45) is 10.9 Å². The van der Waals surface area contributed by atoms with Crippen LogP contribution in [-0.4, -0.2) is 59.1 Å². The van der Waals surface area contributed by atoms with Crippen LogP contribution < -0.4 is 15.5 Å². The molecular weight excluding hydrogens is 416 g/mol. The normalized spacial score (nSPS) is 19.5. The van der Waals surface area contributed by atoms with Crippen LogP contribution in [0, 0.1) is 5.92 Å². The Bertz CT molecular complexity index is 706. The van der Waals surface area contributed by atoms with Crippen LogP contribution in [0.2, 0.25) is 0 Å². The van der Waals surface area contributed by atoms with Gasteiger partial charge in [0.1, 0.15) is 9.84 Å². The first-order valence-electron chi connectivity index (χ1n) is 8.92. The van der Waals surface area contributed by atoms with Crippen LogP contribution in [0.15, 0.2) is 33.7 Å². The summed E-state index contributed by atoms with van der Waals surface area (Å²) in [6, 6.07) is 8.49. The Hall–Kier alpha value is -1.28. The Kier molecular flexibility index (Phi) is 7.76. The van der Waals surface area contributed by atoms with Gasteiger partial charge in [0, 0.05) is 49.1 Å². The highest BCUT2D eigenvalue weighted by Crippen LogP contribution is 2.24. The molecule has 6 nitrogen and oxygen atoms in total. The van der Waals surface area contributed by atoms with Crippen LogP contribution in [0.5, 0.6) is 0 Å². The molecule has 0 amide bonds. The van der Waals surface area contributed by atoms with Gasteiger partial charge in [-0.05, 0) is 49.9 Å². The van der Waals surface area contributed by atoms with Gasteiger partial charge in [0.25, 0.3) is 0 Å². The Balaban J connectivity index is 1.76. The largest absolute Gasteiger partial charge is 0.371 e. The number of anilines is 1. The first-order valence-corrected chi connectivity index (χ1v) is 11.8. The molecular formula is C18H29BrN4O2S. The quantitative estimate of drug-likeness (QED) is 0.498. The van der Waals surface area contributed by atoms with Gasteiger partial charge in [-0.1, -0.05) is 15.9 Å². The molecule has 1 aromatic carbocycles. The average Bonchev–Trinajstić information content (AvgIpc) is 3.05. The fourth-order valence-electron chi connectivity index (χ4n) is 3.02. The Morgan fingerprint density at radius 3 is 2.69 bits per heavy atom. The van der Waals surface area contributed by atoms with Gasteiger partial charge in [0.2, 0.25) is 0 Å². The Labute approximate surface area is 165 Å². The second-order valence-corrected chi connectivity index (χ2v) is 10.2. The molecule has 0 bridgehead atoms. The summed E-state index contributed by atoms with van der Waals surface area (Å²) in [5.41, 5.74) is 1.26. The summed E-state index contributed by atoms with van der Waals surface area (Å²) in [5, 5.41) is 6.64. The van der Waals surface area contributed by atoms with Gasteiger partial charge in [-0.3, -0.25) is 4.99 Å². The van der Waals surface area contributed by atoms with E-state index in [2.05, 4.69) is 60.7 Å². The van der Waals surface area contributed by atoms with Crippen LogP contribution in [0.25, 0.3) is 0 Å². The third kappa shape index (κ3) is 7.15. The molecule has 0 aliphatic carbocycles. The van der Waals surface area contributed by atoms with Crippen molar-refractivity contribution in [2.75, 3.05) is 43.6 Å². The molecule has 0 aromatic heterocycles. The second kappa shape index (κ2) is 9.60. The maximum atomic E-state index is 11.3. The van der Waals surface area contributed by atoms with Crippen LogP contribution in [0.3, 0.4) is 0 Å². The number of benzene rings is 1. The van der Waals surface area contributed by atoms with E-state index >= 15 is 0 Å². The average molecular weight is 445 g/mol. The zero-order valence-electron chi connectivity index (χ0n) is 15.7. The minimum atomic E-state index is -2.93. The summed E-state index contributed by atoms with van der Waals surface area (Å²) in [5.74, 6) is 1.47. The van der Waals surface area contributed by atoms with Crippen molar-refractivity contribution in [2.45, 2.75) is 25.8 Å². The summed E-state index contributed by atoms with van der Waals surface area (Å²) < 4.78 is 23.6. The SMILES string of the molecule is CN=C(NCC1CCN(c2ccc(Br)cc2)C1)NC(C)CCS(C)(=O)=O. The predicted octanol–water partition coefficient (Wildman–Crippen LogP) is 2.26. The van der Waals surface area contributed by atoms with Crippen molar-refractivity contribution in [3.8, 4) is 0 Å². The minimum Gasteiger partial charge on any atom is -0.371 e. The van der Waals surface area contributed by atoms with Crippen molar-refractivity contribution >= 4 is 37.4 Å². The number of aliphatic imine (C=N–C) groups is 1. The fraction of sp³-hybridized carbons (Fsp3) is 0.611. The molecule has 2 N–H and O–H groups in total. The van der Waals surface area contributed by atoms with Crippen LogP contribution in [-0.2, 0) is 9.84 Å². The molecule has 2 rings (SSSR count). The van der Waals surface area contributed by atoms with E-state index in [4.69, 9.17) is 0 Å². The monoisotopic (exact) mass is 444 g/mol. The van der Waals surface area contributed by atoms with E-state index in [0.29, 0.717) is 12.3 Å². The van der Waals surface area contributed by atoms with Gasteiger partial charge < -0.3 is 15.5 Å². The number of guanidine groups is 1. The maximum Gasteiger partial charge on any atom is 0.191 e. The lowest BCUT2D eigenvalue weighted by Crippen LogP contribution is -2.44. The zero-order chi connectivity index (χ0) is 19.2. The number of hydrogen-bond acceptors (Lipinski definition) is 4. The molecule has 1 fully saturated rings. The molecule has 2 atom stereocenters. The van der Waals surface area contributed by atoms with Gasteiger partial charge in [-0.15, -0.1) is 0 Å². The molecule has 1 aliphatic rings. The van der Waals surface area contributed by atoms with Gasteiger partial charge >= 0.3 is 0 Å². The summed E-state index contributed by atoms with van der Waals surface area (Å²) >= 11 is 3.47. The van der Waals surface area contributed by atoms with Crippen molar-refractivity contribution in [3.63, 3.8) is 0 Å². The lowest BCUT2D eigenvalue weighted by molar-refractivity contribution is 0.551. The Morgan fingerprint density at radius 2 is 2.08 bits per heavy atom. The lowest BCUT2D eigenvalue weighted by Gasteiger charge is -2.21. The smallest absolute Gasteiger partial charge is 0.191 e. The second-order valence-electron chi connectivity index (χ2n) is 6.99. The molecule has 0 radical (unpaired) electrons. The number of halogens is 1. The molecule has 2 unspecified atom stereocenters. The third-order valence-corrected chi connectivity index (χ3v) is 6.07. The standard InChI is InChI=1S/C18H29BrN4O2S/c1-14(9-11-26(3,24)25)22-18(20-2)21-12-15-8-10-23(13-15)17-6-4-16(19)5-7-17/h4-7,14-15H,8-13H2,1-3H3,(H2,20,21,22). The van der Waals surface area contributed by atoms with E-state index in [1.54, 1.807) is 7.05 Å². The number of rotatable bonds is 7. The van der Waals surface area contributed by atoms with E-state index in [0.717, 1.165) is 36.5 Å². The molecule has 1 aromatic rings. The summed E-state index contributed by atoms with van der Waals surface area (Å²) in [7, 11) is -1.19.